The van der Waals surface area contributed by atoms with Gasteiger partial charge in [0.1, 0.15) is 56.1 Å². The normalized spacial score (nSPS) is 16.0. The number of hydrogen-bond acceptors (Lipinski definition) is 9. The third-order valence-corrected chi connectivity index (χ3v) is 11.2. The fourth-order valence-electron chi connectivity index (χ4n) is 8.69. The molecular formula is C45H32N10O2. The largest absolute Gasteiger partial charge is 0.485 e. The molecule has 0 amide bonds. The molecule has 12 rings (SSSR count). The van der Waals surface area contributed by atoms with E-state index in [1.54, 1.807) is 14.4 Å². The number of hydrogen-bond donors (Lipinski definition) is 0. The maximum Gasteiger partial charge on any atom is 0.137 e. The van der Waals surface area contributed by atoms with Crippen LogP contribution in [0, 0.1) is 0 Å². The molecule has 274 valence electrons. The zero-order chi connectivity index (χ0) is 37.9. The topological polar surface area (TPSA) is 118 Å². The van der Waals surface area contributed by atoms with Crippen LogP contribution < -0.4 is 9.64 Å². The molecule has 0 saturated carbocycles. The molecule has 0 fully saturated rings. The van der Waals surface area contributed by atoms with Crippen molar-refractivity contribution in [1.82, 2.24) is 45.0 Å². The molecule has 5 heterocycles. The first-order valence-electron chi connectivity index (χ1n) is 18.8. The Morgan fingerprint density at radius 1 is 0.526 bits per heavy atom. The SMILES string of the molecule is Cn1nc2cccc(N(c3ccc(-c4ccc5c(c4)C4C=CC=CC4O5)c4nn(C)nc34)c3ccc(-c4ccc5oc6ccccc6c5c4)c4nn(C)nc34)c2n1. The van der Waals surface area contributed by atoms with Crippen LogP contribution in [0.2, 0.25) is 0 Å². The average molecular weight is 745 g/mol. The molecule has 0 bridgehead atoms. The van der Waals surface area contributed by atoms with E-state index in [1.165, 1.54) is 5.56 Å². The number of para-hydroxylation sites is 1. The van der Waals surface area contributed by atoms with Crippen molar-refractivity contribution >= 4 is 72.1 Å². The molecule has 10 aromatic rings. The van der Waals surface area contributed by atoms with E-state index in [0.717, 1.165) is 100 Å². The van der Waals surface area contributed by atoms with E-state index in [-0.39, 0.29) is 12.0 Å². The monoisotopic (exact) mass is 744 g/mol. The lowest BCUT2D eigenvalue weighted by molar-refractivity contribution is 0.269. The molecular weight excluding hydrogens is 713 g/mol. The lowest BCUT2D eigenvalue weighted by atomic mass is 9.90. The van der Waals surface area contributed by atoms with Gasteiger partial charge in [0.25, 0.3) is 0 Å². The van der Waals surface area contributed by atoms with Crippen molar-refractivity contribution in [3.05, 3.63) is 133 Å². The summed E-state index contributed by atoms with van der Waals surface area (Å²) < 4.78 is 12.4. The lowest BCUT2D eigenvalue weighted by Gasteiger charge is -2.26. The highest BCUT2D eigenvalue weighted by Gasteiger charge is 2.33. The second-order valence-electron chi connectivity index (χ2n) is 14.6. The van der Waals surface area contributed by atoms with Gasteiger partial charge in [0, 0.05) is 54.5 Å². The number of aromatic nitrogens is 9. The van der Waals surface area contributed by atoms with Gasteiger partial charge < -0.3 is 14.1 Å². The highest BCUT2D eigenvalue weighted by atomic mass is 16.5. The summed E-state index contributed by atoms with van der Waals surface area (Å²) in [6.45, 7) is 0. The van der Waals surface area contributed by atoms with Crippen LogP contribution in [-0.4, -0.2) is 51.1 Å². The smallest absolute Gasteiger partial charge is 0.137 e. The highest BCUT2D eigenvalue weighted by Crippen LogP contribution is 2.48. The first-order chi connectivity index (χ1) is 27.9. The Morgan fingerprint density at radius 2 is 1.16 bits per heavy atom. The van der Waals surface area contributed by atoms with Crippen molar-refractivity contribution in [2.24, 2.45) is 21.1 Å². The molecule has 2 atom stereocenters. The van der Waals surface area contributed by atoms with Gasteiger partial charge in [0.05, 0.1) is 17.1 Å². The number of anilines is 3. The highest BCUT2D eigenvalue weighted by molar-refractivity contribution is 6.11. The van der Waals surface area contributed by atoms with Gasteiger partial charge in [0.15, 0.2) is 0 Å². The molecule has 0 spiro atoms. The molecule has 0 N–H and O–H groups in total. The zero-order valence-corrected chi connectivity index (χ0v) is 31.1. The predicted octanol–water partition coefficient (Wildman–Crippen LogP) is 9.21. The van der Waals surface area contributed by atoms with E-state index in [1.807, 2.05) is 63.6 Å². The molecule has 57 heavy (non-hydrogen) atoms. The zero-order valence-electron chi connectivity index (χ0n) is 31.1. The molecule has 1 aliphatic heterocycles. The number of furan rings is 1. The number of fused-ring (bicyclic) bond motifs is 9. The summed E-state index contributed by atoms with van der Waals surface area (Å²) in [6, 6.07) is 35.3. The number of benzene rings is 6. The van der Waals surface area contributed by atoms with E-state index in [9.17, 15) is 0 Å². The Morgan fingerprint density at radius 3 is 1.95 bits per heavy atom. The molecule has 12 heteroatoms. The van der Waals surface area contributed by atoms with Crippen molar-refractivity contribution in [2.45, 2.75) is 12.0 Å². The minimum absolute atomic E-state index is 0.00857. The molecule has 6 aromatic carbocycles. The maximum atomic E-state index is 6.28. The quantitative estimate of drug-likeness (QED) is 0.170. The molecule has 2 unspecified atom stereocenters. The number of nitrogens with zero attached hydrogens (tertiary/aromatic N) is 10. The van der Waals surface area contributed by atoms with E-state index in [0.29, 0.717) is 0 Å². The third kappa shape index (κ3) is 4.73. The number of ether oxygens (including phenoxy) is 1. The number of rotatable bonds is 5. The minimum atomic E-state index is 0.00857. The second kappa shape index (κ2) is 11.7. The molecule has 0 saturated heterocycles. The first-order valence-corrected chi connectivity index (χ1v) is 18.8. The summed E-state index contributed by atoms with van der Waals surface area (Å²) in [5, 5.41) is 31.6. The average Bonchev–Trinajstić information content (AvgIpc) is 4.05. The first kappa shape index (κ1) is 31.7. The van der Waals surface area contributed by atoms with Gasteiger partial charge in [-0.2, -0.15) is 45.0 Å². The Kier molecular flexibility index (Phi) is 6.51. The van der Waals surface area contributed by atoms with Gasteiger partial charge in [-0.15, -0.1) is 0 Å². The molecule has 4 aromatic heterocycles. The van der Waals surface area contributed by atoms with Gasteiger partial charge in [-0.25, -0.2) is 0 Å². The van der Waals surface area contributed by atoms with Crippen molar-refractivity contribution in [2.75, 3.05) is 4.90 Å². The van der Waals surface area contributed by atoms with Gasteiger partial charge in [-0.3, -0.25) is 0 Å². The number of allylic oxidation sites excluding steroid dienone is 2. The van der Waals surface area contributed by atoms with Gasteiger partial charge in [-0.05, 0) is 83.9 Å². The molecule has 1 aliphatic carbocycles. The van der Waals surface area contributed by atoms with Gasteiger partial charge in [-0.1, -0.05) is 54.6 Å². The van der Waals surface area contributed by atoms with Gasteiger partial charge in [0.2, 0.25) is 0 Å². The fourth-order valence-corrected chi connectivity index (χ4v) is 8.69. The van der Waals surface area contributed by atoms with E-state index < -0.39 is 0 Å². The minimum Gasteiger partial charge on any atom is -0.485 e. The fraction of sp³-hybridized carbons (Fsp3) is 0.111. The Balaban J connectivity index is 1.07. The van der Waals surface area contributed by atoms with Crippen LogP contribution >= 0.6 is 0 Å². The predicted molar refractivity (Wildman–Crippen MR) is 221 cm³/mol. The van der Waals surface area contributed by atoms with Crippen molar-refractivity contribution in [1.29, 1.82) is 0 Å². The van der Waals surface area contributed by atoms with Crippen molar-refractivity contribution in [3.63, 3.8) is 0 Å². The Labute approximate surface area is 324 Å². The summed E-state index contributed by atoms with van der Waals surface area (Å²) >= 11 is 0. The molecule has 2 aliphatic rings. The van der Waals surface area contributed by atoms with Gasteiger partial charge >= 0.3 is 0 Å². The van der Waals surface area contributed by atoms with Crippen LogP contribution in [0.1, 0.15) is 11.5 Å². The van der Waals surface area contributed by atoms with Crippen molar-refractivity contribution in [3.8, 4) is 28.0 Å². The van der Waals surface area contributed by atoms with E-state index >= 15 is 0 Å². The van der Waals surface area contributed by atoms with Crippen molar-refractivity contribution < 1.29 is 9.15 Å². The number of aryl methyl sites for hydroxylation is 3. The Bertz CT molecular complexity index is 3370. The van der Waals surface area contributed by atoms with E-state index in [2.05, 4.69) is 95.0 Å². The summed E-state index contributed by atoms with van der Waals surface area (Å²) in [7, 11) is 5.55. The van der Waals surface area contributed by atoms with Crippen LogP contribution in [0.15, 0.2) is 132 Å². The summed E-state index contributed by atoms with van der Waals surface area (Å²) in [4.78, 5) is 7.04. The Hall–Kier alpha value is -7.60. The summed E-state index contributed by atoms with van der Waals surface area (Å²) in [6.07, 6.45) is 8.48. The van der Waals surface area contributed by atoms with Crippen LogP contribution in [0.3, 0.4) is 0 Å². The van der Waals surface area contributed by atoms with Crippen LogP contribution in [-0.2, 0) is 21.1 Å². The van der Waals surface area contributed by atoms with Crippen LogP contribution in [0.5, 0.6) is 5.75 Å². The maximum absolute atomic E-state index is 6.28. The third-order valence-electron chi connectivity index (χ3n) is 11.2. The molecule has 12 nitrogen and oxygen atoms in total. The van der Waals surface area contributed by atoms with Crippen LogP contribution in [0.25, 0.3) is 77.3 Å². The second-order valence-corrected chi connectivity index (χ2v) is 14.6. The summed E-state index contributed by atoms with van der Waals surface area (Å²) in [5.41, 5.74) is 13.8. The van der Waals surface area contributed by atoms with Crippen LogP contribution in [0.4, 0.5) is 17.1 Å². The lowest BCUT2D eigenvalue weighted by Crippen LogP contribution is -2.15. The molecule has 0 radical (unpaired) electrons. The summed E-state index contributed by atoms with van der Waals surface area (Å²) in [5.74, 6) is 1.08. The van der Waals surface area contributed by atoms with E-state index in [4.69, 9.17) is 34.6 Å². The standard InChI is InChI=1S/C45H32N10O2/c1-52-46-33-11-8-12-34(43(33)49-52)55(35-19-17-27(41-44(35)50-53(2)47-41)25-15-21-39-31(23-25)29-9-4-6-13-37(29)56-39)36-20-18-28(42-45(36)51-54(3)48-42)26-16-22-40-32(24-26)30-10-5-7-14-38(30)57-40/h4-24,29,37H,1-3H3.